The number of nitrogens with zero attached hydrogens (tertiary/aromatic N) is 4. The highest BCUT2D eigenvalue weighted by Gasteiger charge is 2.27. The molecule has 2 heterocycles. The first-order valence-electron chi connectivity index (χ1n) is 8.84. The Kier molecular flexibility index (Phi) is 5.65. The van der Waals surface area contributed by atoms with Gasteiger partial charge in [-0.3, -0.25) is 9.69 Å². The maximum absolute atomic E-state index is 11.7. The van der Waals surface area contributed by atoms with Crippen molar-refractivity contribution in [1.29, 1.82) is 0 Å². The molecule has 0 radical (unpaired) electrons. The number of nitrogens with two attached hydrogens (primary N) is 1. The van der Waals surface area contributed by atoms with Crippen LogP contribution in [0.4, 0.5) is 0 Å². The van der Waals surface area contributed by atoms with Gasteiger partial charge in [-0.2, -0.15) is 5.10 Å². The lowest BCUT2D eigenvalue weighted by Gasteiger charge is -2.33. The van der Waals surface area contributed by atoms with E-state index in [-0.39, 0.29) is 11.9 Å². The number of likely N-dealkylation sites (tertiary alicyclic amines) is 1. The van der Waals surface area contributed by atoms with Crippen LogP contribution in [-0.4, -0.2) is 37.7 Å². The fraction of sp³-hybridized carbons (Fsp3) is 0.500. The predicted molar refractivity (Wildman–Crippen MR) is 99.5 cm³/mol. The molecule has 1 saturated heterocycles. The molecule has 3 rings (SSSR count). The molecule has 6 nitrogen and oxygen atoms in total. The van der Waals surface area contributed by atoms with Crippen molar-refractivity contribution in [2.45, 2.75) is 51.9 Å². The topological polar surface area (TPSA) is 69.1 Å². The Morgan fingerprint density at radius 1 is 1.32 bits per heavy atom. The van der Waals surface area contributed by atoms with Crippen molar-refractivity contribution >= 4 is 18.1 Å². The molecule has 1 atom stereocenters. The van der Waals surface area contributed by atoms with E-state index in [2.05, 4.69) is 28.5 Å². The summed E-state index contributed by atoms with van der Waals surface area (Å²) in [5.74, 6) is 0.692. The molecule has 1 aliphatic heterocycles. The SMILES string of the molecule is CCn1c(Cc2ccccc2)nn(CN2CCCCC2C(N)=O)c1=S. The molecule has 2 aromatic rings. The average molecular weight is 359 g/mol. The van der Waals surface area contributed by atoms with Crippen LogP contribution >= 0.6 is 12.2 Å². The summed E-state index contributed by atoms with van der Waals surface area (Å²) in [5.41, 5.74) is 6.78. The Balaban J connectivity index is 1.84. The first-order valence-corrected chi connectivity index (χ1v) is 9.24. The molecule has 134 valence electrons. The molecule has 1 aromatic carbocycles. The third-order valence-electron chi connectivity index (χ3n) is 4.78. The second-order valence-electron chi connectivity index (χ2n) is 6.47. The smallest absolute Gasteiger partial charge is 0.234 e. The Bertz CT molecular complexity index is 783. The molecule has 1 amide bonds. The fourth-order valence-electron chi connectivity index (χ4n) is 3.46. The van der Waals surface area contributed by atoms with Crippen LogP contribution in [0, 0.1) is 4.77 Å². The first kappa shape index (κ1) is 17.8. The van der Waals surface area contributed by atoms with Crippen molar-refractivity contribution in [1.82, 2.24) is 19.2 Å². The zero-order chi connectivity index (χ0) is 17.8. The molecular weight excluding hydrogens is 334 g/mol. The Hall–Kier alpha value is -1.99. The summed E-state index contributed by atoms with van der Waals surface area (Å²) in [6.07, 6.45) is 3.67. The van der Waals surface area contributed by atoms with E-state index in [0.29, 0.717) is 11.4 Å². The van der Waals surface area contributed by atoms with E-state index in [1.54, 1.807) is 0 Å². The number of piperidine rings is 1. The number of hydrogen-bond acceptors (Lipinski definition) is 4. The minimum atomic E-state index is -0.259. The molecule has 1 aliphatic rings. The number of amides is 1. The molecule has 0 spiro atoms. The molecule has 0 saturated carbocycles. The predicted octanol–water partition coefficient (Wildman–Crippen LogP) is 2.32. The van der Waals surface area contributed by atoms with Gasteiger partial charge in [0.1, 0.15) is 5.82 Å². The minimum Gasteiger partial charge on any atom is -0.368 e. The average Bonchev–Trinajstić information content (AvgIpc) is 2.90. The second kappa shape index (κ2) is 7.93. The van der Waals surface area contributed by atoms with Gasteiger partial charge in [0.05, 0.1) is 12.7 Å². The molecule has 1 fully saturated rings. The summed E-state index contributed by atoms with van der Waals surface area (Å²) in [5, 5.41) is 4.75. The lowest BCUT2D eigenvalue weighted by molar-refractivity contribution is -0.125. The maximum Gasteiger partial charge on any atom is 0.234 e. The van der Waals surface area contributed by atoms with E-state index in [1.807, 2.05) is 22.9 Å². The highest BCUT2D eigenvalue weighted by Crippen LogP contribution is 2.18. The standard InChI is InChI=1S/C18H25N5OS/c1-2-22-16(12-14-8-4-3-5-9-14)20-23(18(22)25)13-21-11-7-6-10-15(21)17(19)24/h3-5,8-9,15H,2,6-7,10-13H2,1H3,(H2,19,24). The van der Waals surface area contributed by atoms with E-state index in [4.69, 9.17) is 23.1 Å². The van der Waals surface area contributed by atoms with Crippen LogP contribution in [-0.2, 0) is 24.4 Å². The van der Waals surface area contributed by atoms with E-state index in [1.165, 1.54) is 5.56 Å². The lowest BCUT2D eigenvalue weighted by atomic mass is 10.0. The van der Waals surface area contributed by atoms with Gasteiger partial charge in [-0.25, -0.2) is 4.68 Å². The number of primary amides is 1. The van der Waals surface area contributed by atoms with Crippen LogP contribution in [0.15, 0.2) is 30.3 Å². The number of aromatic nitrogens is 3. The molecular formula is C18H25N5OS. The van der Waals surface area contributed by atoms with E-state index in [0.717, 1.165) is 44.6 Å². The van der Waals surface area contributed by atoms with Gasteiger partial charge < -0.3 is 10.3 Å². The van der Waals surface area contributed by atoms with Crippen LogP contribution in [0.25, 0.3) is 0 Å². The van der Waals surface area contributed by atoms with Crippen LogP contribution in [0.1, 0.15) is 37.6 Å². The van der Waals surface area contributed by atoms with Gasteiger partial charge in [0.2, 0.25) is 5.91 Å². The van der Waals surface area contributed by atoms with Crippen molar-refractivity contribution < 1.29 is 4.79 Å². The summed E-state index contributed by atoms with van der Waals surface area (Å²) in [7, 11) is 0. The molecule has 1 unspecified atom stereocenters. The van der Waals surface area contributed by atoms with Crippen LogP contribution in [0.2, 0.25) is 0 Å². The van der Waals surface area contributed by atoms with Crippen molar-refractivity contribution in [3.63, 3.8) is 0 Å². The first-order chi connectivity index (χ1) is 12.1. The number of benzene rings is 1. The van der Waals surface area contributed by atoms with Gasteiger partial charge in [-0.1, -0.05) is 36.8 Å². The minimum absolute atomic E-state index is 0.222. The van der Waals surface area contributed by atoms with Gasteiger partial charge in [0.15, 0.2) is 4.77 Å². The maximum atomic E-state index is 11.7. The fourth-order valence-corrected chi connectivity index (χ4v) is 3.79. The zero-order valence-corrected chi connectivity index (χ0v) is 15.4. The molecule has 0 bridgehead atoms. The van der Waals surface area contributed by atoms with Gasteiger partial charge in [-0.05, 0) is 37.5 Å². The number of carbonyl (C=O) groups is 1. The third-order valence-corrected chi connectivity index (χ3v) is 5.21. The van der Waals surface area contributed by atoms with Crippen LogP contribution in [0.3, 0.4) is 0 Å². The molecule has 7 heteroatoms. The van der Waals surface area contributed by atoms with Crippen molar-refractivity contribution in [3.8, 4) is 0 Å². The highest BCUT2D eigenvalue weighted by atomic mass is 32.1. The van der Waals surface area contributed by atoms with E-state index in [9.17, 15) is 4.79 Å². The normalized spacial score (nSPS) is 18.4. The highest BCUT2D eigenvalue weighted by molar-refractivity contribution is 7.71. The summed E-state index contributed by atoms with van der Waals surface area (Å²) < 4.78 is 4.59. The Morgan fingerprint density at radius 3 is 2.76 bits per heavy atom. The van der Waals surface area contributed by atoms with Gasteiger partial charge in [0.25, 0.3) is 0 Å². The van der Waals surface area contributed by atoms with Crippen molar-refractivity contribution in [3.05, 3.63) is 46.5 Å². The molecule has 2 N–H and O–H groups in total. The third kappa shape index (κ3) is 3.99. The van der Waals surface area contributed by atoms with Gasteiger partial charge in [0, 0.05) is 19.5 Å². The number of hydrogen-bond donors (Lipinski definition) is 1. The van der Waals surface area contributed by atoms with Gasteiger partial charge >= 0.3 is 0 Å². The summed E-state index contributed by atoms with van der Waals surface area (Å²) in [4.78, 5) is 13.8. The van der Waals surface area contributed by atoms with Crippen molar-refractivity contribution in [2.75, 3.05) is 6.54 Å². The summed E-state index contributed by atoms with van der Waals surface area (Å²) in [6.45, 7) is 4.22. The monoisotopic (exact) mass is 359 g/mol. The largest absolute Gasteiger partial charge is 0.368 e. The van der Waals surface area contributed by atoms with E-state index >= 15 is 0 Å². The lowest BCUT2D eigenvalue weighted by Crippen LogP contribution is -2.48. The van der Waals surface area contributed by atoms with Gasteiger partial charge in [-0.15, -0.1) is 0 Å². The Morgan fingerprint density at radius 2 is 2.08 bits per heavy atom. The number of carbonyl (C=O) groups excluding carboxylic acids is 1. The van der Waals surface area contributed by atoms with E-state index < -0.39 is 0 Å². The van der Waals surface area contributed by atoms with Crippen LogP contribution in [0.5, 0.6) is 0 Å². The Labute approximate surface area is 153 Å². The summed E-state index contributed by atoms with van der Waals surface area (Å²) in [6, 6.07) is 10.0. The molecule has 25 heavy (non-hydrogen) atoms. The molecule has 1 aromatic heterocycles. The summed E-state index contributed by atoms with van der Waals surface area (Å²) >= 11 is 5.62. The second-order valence-corrected chi connectivity index (χ2v) is 6.84. The molecule has 0 aliphatic carbocycles. The zero-order valence-electron chi connectivity index (χ0n) is 14.6. The van der Waals surface area contributed by atoms with Crippen molar-refractivity contribution in [2.24, 2.45) is 5.73 Å². The number of rotatable bonds is 6. The van der Waals surface area contributed by atoms with Crippen LogP contribution < -0.4 is 5.73 Å². The quantitative estimate of drug-likeness (QED) is 0.804.